The molecule has 0 aliphatic heterocycles. The number of carbonyl (C=O) groups excluding carboxylic acids is 1. The molecular weight excluding hydrogens is 338 g/mol. The van der Waals surface area contributed by atoms with Gasteiger partial charge in [-0.15, -0.1) is 5.11 Å². The Labute approximate surface area is 150 Å². The van der Waals surface area contributed by atoms with Gasteiger partial charge in [-0.2, -0.15) is 5.11 Å². The zero-order valence-electron chi connectivity index (χ0n) is 14.1. The van der Waals surface area contributed by atoms with Gasteiger partial charge in [-0.25, -0.2) is 0 Å². The second-order valence-electron chi connectivity index (χ2n) is 5.53. The smallest absolute Gasteiger partial charge is 0.311 e. The van der Waals surface area contributed by atoms with Crippen LogP contribution in [0.1, 0.15) is 12.6 Å². The molecule has 3 aromatic rings. The van der Waals surface area contributed by atoms with Crippen LogP contribution in [0.3, 0.4) is 0 Å². The van der Waals surface area contributed by atoms with Crippen molar-refractivity contribution in [3.05, 3.63) is 59.2 Å². The first-order valence-electron chi connectivity index (χ1n) is 7.99. The van der Waals surface area contributed by atoms with E-state index in [1.807, 2.05) is 35.9 Å². The molecule has 1 heterocycles. The van der Waals surface area contributed by atoms with Crippen molar-refractivity contribution in [1.29, 1.82) is 0 Å². The molecule has 0 saturated carbocycles. The third-order valence-electron chi connectivity index (χ3n) is 3.91. The van der Waals surface area contributed by atoms with Crippen LogP contribution in [-0.4, -0.2) is 17.1 Å². The molecule has 25 heavy (non-hydrogen) atoms. The maximum absolute atomic E-state index is 12.0. The van der Waals surface area contributed by atoms with Crippen LogP contribution in [0.5, 0.6) is 0 Å². The molecule has 6 heteroatoms. The van der Waals surface area contributed by atoms with Gasteiger partial charge in [-0.05, 0) is 37.3 Å². The average molecular weight is 356 g/mol. The van der Waals surface area contributed by atoms with E-state index in [0.29, 0.717) is 23.0 Å². The molecule has 0 unspecified atom stereocenters. The van der Waals surface area contributed by atoms with E-state index < -0.39 is 0 Å². The Bertz CT molecular complexity index is 930. The van der Waals surface area contributed by atoms with Gasteiger partial charge in [0.1, 0.15) is 5.69 Å². The quantitative estimate of drug-likeness (QED) is 0.457. The number of azo groups is 1. The highest BCUT2D eigenvalue weighted by Crippen LogP contribution is 2.34. The number of aryl methyl sites for hydroxylation is 1. The number of ether oxygens (including phenoxy) is 1. The predicted molar refractivity (Wildman–Crippen MR) is 98.9 cm³/mol. The maximum atomic E-state index is 12.0. The zero-order chi connectivity index (χ0) is 17.8. The van der Waals surface area contributed by atoms with Gasteiger partial charge in [-0.3, -0.25) is 4.79 Å². The number of nitrogens with zero attached hydrogens (tertiary/aromatic N) is 3. The molecule has 0 fully saturated rings. The van der Waals surface area contributed by atoms with Crippen LogP contribution in [0.15, 0.2) is 58.8 Å². The first-order valence-corrected chi connectivity index (χ1v) is 8.37. The first-order chi connectivity index (χ1) is 12.1. The van der Waals surface area contributed by atoms with Gasteiger partial charge in [0.2, 0.25) is 0 Å². The van der Waals surface area contributed by atoms with Crippen LogP contribution in [-0.2, 0) is 23.0 Å². The predicted octanol–water partition coefficient (Wildman–Crippen LogP) is 5.35. The minimum atomic E-state index is -0.281. The summed E-state index contributed by atoms with van der Waals surface area (Å²) in [7, 11) is 1.91. The van der Waals surface area contributed by atoms with Crippen molar-refractivity contribution in [2.75, 3.05) is 6.61 Å². The van der Waals surface area contributed by atoms with Crippen molar-refractivity contribution in [2.45, 2.75) is 13.3 Å². The van der Waals surface area contributed by atoms with Gasteiger partial charge >= 0.3 is 5.97 Å². The second kappa shape index (κ2) is 7.49. The summed E-state index contributed by atoms with van der Waals surface area (Å²) in [6.07, 6.45) is 0.147. The van der Waals surface area contributed by atoms with Gasteiger partial charge < -0.3 is 9.30 Å². The van der Waals surface area contributed by atoms with Crippen LogP contribution in [0.4, 0.5) is 11.4 Å². The third-order valence-corrected chi connectivity index (χ3v) is 4.16. The van der Waals surface area contributed by atoms with Crippen LogP contribution in [0.2, 0.25) is 5.02 Å². The number of rotatable bonds is 5. The van der Waals surface area contributed by atoms with Crippen LogP contribution < -0.4 is 0 Å². The molecule has 0 atom stereocenters. The molecule has 0 spiro atoms. The Balaban J connectivity index is 2.05. The second-order valence-corrected chi connectivity index (χ2v) is 5.97. The van der Waals surface area contributed by atoms with Gasteiger partial charge in [-0.1, -0.05) is 29.8 Å². The minimum Gasteiger partial charge on any atom is -0.466 e. The fourth-order valence-electron chi connectivity index (χ4n) is 2.70. The molecule has 0 bridgehead atoms. The normalized spacial score (nSPS) is 11.3. The molecule has 0 saturated heterocycles. The maximum Gasteiger partial charge on any atom is 0.311 e. The summed E-state index contributed by atoms with van der Waals surface area (Å²) in [6.45, 7) is 2.14. The average Bonchev–Trinajstić information content (AvgIpc) is 2.87. The SMILES string of the molecule is CCOC(=O)Cc1c(N=Nc2ccc(Cl)cc2)c2ccccc2n1C. The third kappa shape index (κ3) is 3.72. The summed E-state index contributed by atoms with van der Waals surface area (Å²) >= 11 is 5.90. The number of halogens is 1. The molecule has 1 aromatic heterocycles. The molecule has 0 aliphatic carbocycles. The molecule has 0 N–H and O–H groups in total. The first kappa shape index (κ1) is 17.2. The van der Waals surface area contributed by atoms with Crippen molar-refractivity contribution in [2.24, 2.45) is 17.3 Å². The lowest BCUT2D eigenvalue weighted by Gasteiger charge is -2.05. The van der Waals surface area contributed by atoms with Gasteiger partial charge in [0.15, 0.2) is 0 Å². The van der Waals surface area contributed by atoms with E-state index in [9.17, 15) is 4.79 Å². The lowest BCUT2D eigenvalue weighted by atomic mass is 10.2. The zero-order valence-corrected chi connectivity index (χ0v) is 14.8. The largest absolute Gasteiger partial charge is 0.466 e. The number of aromatic nitrogens is 1. The van der Waals surface area contributed by atoms with Crippen molar-refractivity contribution in [3.8, 4) is 0 Å². The van der Waals surface area contributed by atoms with E-state index in [1.165, 1.54) is 0 Å². The molecule has 128 valence electrons. The number of hydrogen-bond donors (Lipinski definition) is 0. The Hall–Kier alpha value is -2.66. The number of carbonyl (C=O) groups is 1. The van der Waals surface area contributed by atoms with Crippen LogP contribution >= 0.6 is 11.6 Å². The molecule has 3 rings (SSSR count). The van der Waals surface area contributed by atoms with Gasteiger partial charge in [0.25, 0.3) is 0 Å². The van der Waals surface area contributed by atoms with Gasteiger partial charge in [0.05, 0.1) is 29.9 Å². The van der Waals surface area contributed by atoms with E-state index in [2.05, 4.69) is 10.2 Å². The minimum absolute atomic E-state index is 0.147. The molecule has 5 nitrogen and oxygen atoms in total. The summed E-state index contributed by atoms with van der Waals surface area (Å²) in [5, 5.41) is 10.3. The number of fused-ring (bicyclic) bond motifs is 1. The highest BCUT2D eigenvalue weighted by atomic mass is 35.5. The van der Waals surface area contributed by atoms with E-state index in [0.717, 1.165) is 16.6 Å². The molecule has 0 radical (unpaired) electrons. The number of benzene rings is 2. The van der Waals surface area contributed by atoms with Crippen molar-refractivity contribution < 1.29 is 9.53 Å². The van der Waals surface area contributed by atoms with Crippen molar-refractivity contribution in [1.82, 2.24) is 4.57 Å². The summed E-state index contributed by atoms with van der Waals surface area (Å²) < 4.78 is 7.05. The summed E-state index contributed by atoms with van der Waals surface area (Å²) in [6, 6.07) is 15.0. The van der Waals surface area contributed by atoms with E-state index in [-0.39, 0.29) is 12.4 Å². The molecule has 0 aliphatic rings. The van der Waals surface area contributed by atoms with Crippen molar-refractivity contribution >= 4 is 39.8 Å². The Morgan fingerprint density at radius 2 is 1.84 bits per heavy atom. The van der Waals surface area contributed by atoms with Gasteiger partial charge in [0, 0.05) is 17.5 Å². The Kier molecular flexibility index (Phi) is 5.14. The van der Waals surface area contributed by atoms with E-state index in [4.69, 9.17) is 16.3 Å². The van der Waals surface area contributed by atoms with E-state index in [1.54, 1.807) is 31.2 Å². The standard InChI is InChI=1S/C19H18ClN3O2/c1-3-25-18(24)12-17-19(15-6-4-5-7-16(15)23(17)2)22-21-14-10-8-13(20)9-11-14/h4-11H,3,12H2,1-2H3. The van der Waals surface area contributed by atoms with Crippen molar-refractivity contribution in [3.63, 3.8) is 0 Å². The summed E-state index contributed by atoms with van der Waals surface area (Å²) in [4.78, 5) is 12.0. The monoisotopic (exact) mass is 355 g/mol. The fourth-order valence-corrected chi connectivity index (χ4v) is 2.83. The van der Waals surface area contributed by atoms with Crippen LogP contribution in [0, 0.1) is 0 Å². The summed E-state index contributed by atoms with van der Waals surface area (Å²) in [5.41, 5.74) is 3.14. The Morgan fingerprint density at radius 3 is 2.56 bits per heavy atom. The summed E-state index contributed by atoms with van der Waals surface area (Å²) in [5.74, 6) is -0.281. The lowest BCUT2D eigenvalue weighted by Crippen LogP contribution is -2.10. The topological polar surface area (TPSA) is 55.9 Å². The number of para-hydroxylation sites is 1. The number of hydrogen-bond acceptors (Lipinski definition) is 4. The molecule has 2 aromatic carbocycles. The fraction of sp³-hybridized carbons (Fsp3) is 0.211. The molecular formula is C19H18ClN3O2. The highest BCUT2D eigenvalue weighted by Gasteiger charge is 2.18. The molecule has 0 amide bonds. The van der Waals surface area contributed by atoms with E-state index >= 15 is 0 Å². The van der Waals surface area contributed by atoms with Crippen LogP contribution in [0.25, 0.3) is 10.9 Å². The lowest BCUT2D eigenvalue weighted by molar-refractivity contribution is -0.142. The Morgan fingerprint density at radius 1 is 1.12 bits per heavy atom. The number of esters is 1. The highest BCUT2D eigenvalue weighted by molar-refractivity contribution is 6.30.